The Bertz CT molecular complexity index is 2420. The standard InChI is InChI=1S/C44H32N2O/c1-44(2)39-24-23-36(26-37(39)38-27-41-42(28-40(38)44)47-43(45-41)32-14-7-4-8-15-32)46(35-22-19-30-13-9-10-16-33(30)25-35)34-20-17-31(18-21-34)29-11-5-3-6-12-29/h3-28H,1-2H3. The normalized spacial score (nSPS) is 13.1. The molecule has 0 N–H and O–H groups in total. The van der Waals surface area contributed by atoms with Gasteiger partial charge in [0, 0.05) is 28.0 Å². The fraction of sp³-hybridized carbons (Fsp3) is 0.0682. The third-order valence-electron chi connectivity index (χ3n) is 9.67. The SMILES string of the molecule is CC1(C)c2ccc(N(c3ccc(-c4ccccc4)cc3)c3ccc4ccccc4c3)cc2-c2cc3nc(-c4ccccc4)oc3cc21. The van der Waals surface area contributed by atoms with E-state index in [2.05, 4.69) is 146 Å². The molecule has 0 aliphatic heterocycles. The third-order valence-corrected chi connectivity index (χ3v) is 9.67. The summed E-state index contributed by atoms with van der Waals surface area (Å²) in [5, 5.41) is 2.44. The van der Waals surface area contributed by atoms with Gasteiger partial charge in [-0.25, -0.2) is 4.98 Å². The summed E-state index contributed by atoms with van der Waals surface area (Å²) in [5.74, 6) is 0.650. The number of benzene rings is 7. The van der Waals surface area contributed by atoms with Crippen molar-refractivity contribution in [3.8, 4) is 33.7 Å². The molecule has 0 saturated carbocycles. The minimum absolute atomic E-state index is 0.178. The van der Waals surface area contributed by atoms with Gasteiger partial charge < -0.3 is 9.32 Å². The second-order valence-corrected chi connectivity index (χ2v) is 12.9. The van der Waals surface area contributed by atoms with Gasteiger partial charge in [-0.15, -0.1) is 0 Å². The van der Waals surface area contributed by atoms with Crippen LogP contribution in [-0.2, 0) is 5.41 Å². The Hall–Kier alpha value is -5.93. The molecule has 47 heavy (non-hydrogen) atoms. The Balaban J connectivity index is 1.20. The minimum Gasteiger partial charge on any atom is -0.436 e. The minimum atomic E-state index is -0.178. The smallest absolute Gasteiger partial charge is 0.227 e. The largest absolute Gasteiger partial charge is 0.436 e. The van der Waals surface area contributed by atoms with Gasteiger partial charge in [0.1, 0.15) is 5.52 Å². The average Bonchev–Trinajstić information content (AvgIpc) is 3.64. The van der Waals surface area contributed by atoms with Gasteiger partial charge in [-0.2, -0.15) is 0 Å². The lowest BCUT2D eigenvalue weighted by molar-refractivity contribution is 0.614. The molecule has 0 spiro atoms. The Morgan fingerprint density at radius 3 is 1.85 bits per heavy atom. The highest BCUT2D eigenvalue weighted by Crippen LogP contribution is 2.52. The molecule has 3 nitrogen and oxygen atoms in total. The van der Waals surface area contributed by atoms with E-state index in [9.17, 15) is 0 Å². The molecule has 224 valence electrons. The summed E-state index contributed by atoms with van der Waals surface area (Å²) in [5.41, 5.74) is 13.3. The number of nitrogens with zero attached hydrogens (tertiary/aromatic N) is 2. The molecule has 8 aromatic rings. The summed E-state index contributed by atoms with van der Waals surface area (Å²) < 4.78 is 6.31. The zero-order valence-corrected chi connectivity index (χ0v) is 26.3. The predicted octanol–water partition coefficient (Wildman–Crippen LogP) is 12.1. The maximum absolute atomic E-state index is 6.31. The molecule has 9 rings (SSSR count). The molecule has 0 fully saturated rings. The second-order valence-electron chi connectivity index (χ2n) is 12.9. The molecule has 1 aromatic heterocycles. The maximum Gasteiger partial charge on any atom is 0.227 e. The average molecular weight is 605 g/mol. The monoisotopic (exact) mass is 604 g/mol. The molecular weight excluding hydrogens is 572 g/mol. The van der Waals surface area contributed by atoms with Gasteiger partial charge in [0.2, 0.25) is 5.89 Å². The number of oxazole rings is 1. The lowest BCUT2D eigenvalue weighted by Gasteiger charge is -2.27. The van der Waals surface area contributed by atoms with Crippen molar-refractivity contribution in [1.29, 1.82) is 0 Å². The summed E-state index contributed by atoms with van der Waals surface area (Å²) in [7, 11) is 0. The van der Waals surface area contributed by atoms with Crippen LogP contribution < -0.4 is 4.90 Å². The zero-order chi connectivity index (χ0) is 31.5. The van der Waals surface area contributed by atoms with Gasteiger partial charge in [-0.3, -0.25) is 0 Å². The Morgan fingerprint density at radius 1 is 0.489 bits per heavy atom. The van der Waals surface area contributed by atoms with Crippen molar-refractivity contribution in [2.45, 2.75) is 19.3 Å². The highest BCUT2D eigenvalue weighted by Gasteiger charge is 2.37. The lowest BCUT2D eigenvalue weighted by Crippen LogP contribution is -2.15. The molecule has 7 aromatic carbocycles. The van der Waals surface area contributed by atoms with Crippen LogP contribution >= 0.6 is 0 Å². The molecule has 1 heterocycles. The summed E-state index contributed by atoms with van der Waals surface area (Å²) in [6.07, 6.45) is 0. The van der Waals surface area contributed by atoms with Crippen LogP contribution in [0.1, 0.15) is 25.0 Å². The Kier molecular flexibility index (Phi) is 6.16. The topological polar surface area (TPSA) is 29.3 Å². The first kappa shape index (κ1) is 27.4. The van der Waals surface area contributed by atoms with Gasteiger partial charge in [0.05, 0.1) is 0 Å². The molecule has 0 saturated heterocycles. The van der Waals surface area contributed by atoms with Crippen molar-refractivity contribution in [1.82, 2.24) is 4.98 Å². The summed E-state index contributed by atoms with van der Waals surface area (Å²) in [6.45, 7) is 4.61. The first-order chi connectivity index (χ1) is 23.0. The van der Waals surface area contributed by atoms with E-state index in [1.807, 2.05) is 30.3 Å². The molecule has 0 bridgehead atoms. The fourth-order valence-electron chi connectivity index (χ4n) is 7.20. The molecule has 0 unspecified atom stereocenters. The van der Waals surface area contributed by atoms with Gasteiger partial charge >= 0.3 is 0 Å². The summed E-state index contributed by atoms with van der Waals surface area (Å²) >= 11 is 0. The Labute approximate surface area is 274 Å². The first-order valence-electron chi connectivity index (χ1n) is 16.1. The second kappa shape index (κ2) is 10.6. The van der Waals surface area contributed by atoms with Gasteiger partial charge in [0.25, 0.3) is 0 Å². The fourth-order valence-corrected chi connectivity index (χ4v) is 7.20. The highest BCUT2D eigenvalue weighted by atomic mass is 16.3. The van der Waals surface area contributed by atoms with Crippen LogP contribution in [0.15, 0.2) is 162 Å². The van der Waals surface area contributed by atoms with E-state index < -0.39 is 0 Å². The van der Waals surface area contributed by atoms with Gasteiger partial charge in [-0.1, -0.05) is 111 Å². The van der Waals surface area contributed by atoms with E-state index >= 15 is 0 Å². The van der Waals surface area contributed by atoms with Gasteiger partial charge in [0.15, 0.2) is 5.58 Å². The number of aromatic nitrogens is 1. The van der Waals surface area contributed by atoms with Crippen molar-refractivity contribution in [3.63, 3.8) is 0 Å². The molecule has 1 aliphatic rings. The van der Waals surface area contributed by atoms with E-state index in [1.54, 1.807) is 0 Å². The molecule has 0 amide bonds. The number of hydrogen-bond donors (Lipinski definition) is 0. The maximum atomic E-state index is 6.31. The third kappa shape index (κ3) is 4.54. The van der Waals surface area contributed by atoms with Crippen molar-refractivity contribution >= 4 is 38.9 Å². The van der Waals surface area contributed by atoms with E-state index in [4.69, 9.17) is 9.40 Å². The zero-order valence-electron chi connectivity index (χ0n) is 26.3. The van der Waals surface area contributed by atoms with Crippen molar-refractivity contribution in [2.75, 3.05) is 4.90 Å². The van der Waals surface area contributed by atoms with Crippen molar-refractivity contribution in [3.05, 3.63) is 169 Å². The van der Waals surface area contributed by atoms with E-state index in [-0.39, 0.29) is 5.41 Å². The van der Waals surface area contributed by atoms with E-state index in [0.29, 0.717) is 5.89 Å². The van der Waals surface area contributed by atoms with Crippen molar-refractivity contribution < 1.29 is 4.42 Å². The number of anilines is 3. The number of hydrogen-bond acceptors (Lipinski definition) is 3. The van der Waals surface area contributed by atoms with Crippen LogP contribution in [0.25, 0.3) is 55.6 Å². The Morgan fingerprint density at radius 2 is 1.09 bits per heavy atom. The van der Waals surface area contributed by atoms with Crippen LogP contribution in [0.4, 0.5) is 17.1 Å². The number of fused-ring (bicyclic) bond motifs is 5. The quantitative estimate of drug-likeness (QED) is 0.196. The van der Waals surface area contributed by atoms with Crippen LogP contribution in [0.2, 0.25) is 0 Å². The molecule has 3 heteroatoms. The van der Waals surface area contributed by atoms with Crippen LogP contribution in [0.5, 0.6) is 0 Å². The molecule has 0 radical (unpaired) electrons. The first-order valence-corrected chi connectivity index (χ1v) is 16.1. The van der Waals surface area contributed by atoms with Crippen LogP contribution in [0, 0.1) is 0 Å². The van der Waals surface area contributed by atoms with E-state index in [1.165, 1.54) is 44.2 Å². The van der Waals surface area contributed by atoms with Crippen LogP contribution in [-0.4, -0.2) is 4.98 Å². The lowest BCUT2D eigenvalue weighted by atomic mass is 9.82. The summed E-state index contributed by atoms with van der Waals surface area (Å²) in [6, 6.07) is 56.2. The summed E-state index contributed by atoms with van der Waals surface area (Å²) in [4.78, 5) is 7.29. The number of rotatable bonds is 5. The van der Waals surface area contributed by atoms with E-state index in [0.717, 1.165) is 33.7 Å². The molecule has 1 aliphatic carbocycles. The molecule has 0 atom stereocenters. The predicted molar refractivity (Wildman–Crippen MR) is 195 cm³/mol. The van der Waals surface area contributed by atoms with Gasteiger partial charge in [-0.05, 0) is 105 Å². The highest BCUT2D eigenvalue weighted by molar-refractivity contribution is 5.94. The van der Waals surface area contributed by atoms with Crippen LogP contribution in [0.3, 0.4) is 0 Å². The van der Waals surface area contributed by atoms with Crippen molar-refractivity contribution in [2.24, 2.45) is 0 Å². The molecular formula is C44H32N2O.